The molecule has 0 radical (unpaired) electrons. The number of sulfonamides is 1. The van der Waals surface area contributed by atoms with Crippen LogP contribution in [0.25, 0.3) is 0 Å². The van der Waals surface area contributed by atoms with Crippen LogP contribution < -0.4 is 0 Å². The largest absolute Gasteiger partial charge is 0.381 e. The first kappa shape index (κ1) is 16.9. The Labute approximate surface area is 137 Å². The Hall–Kier alpha value is -0.960. The monoisotopic (exact) mass is 343 g/mol. The van der Waals surface area contributed by atoms with Crippen molar-refractivity contribution >= 4 is 10.0 Å². The molecular formula is C15H25N3O4S. The zero-order chi connectivity index (χ0) is 16.4. The molecule has 1 aromatic rings. The molecule has 0 N–H and O–H groups in total. The van der Waals surface area contributed by atoms with Gasteiger partial charge in [0, 0.05) is 45.0 Å². The van der Waals surface area contributed by atoms with Crippen LogP contribution in [0.5, 0.6) is 0 Å². The van der Waals surface area contributed by atoms with Crippen LogP contribution in [0.3, 0.4) is 0 Å². The van der Waals surface area contributed by atoms with E-state index in [0.29, 0.717) is 32.2 Å². The highest BCUT2D eigenvalue weighted by molar-refractivity contribution is 7.88. The number of aromatic nitrogens is 2. The molecule has 0 aliphatic carbocycles. The van der Waals surface area contributed by atoms with Gasteiger partial charge in [0.1, 0.15) is 0 Å². The lowest BCUT2D eigenvalue weighted by Gasteiger charge is -2.31. The maximum absolute atomic E-state index is 11.9. The van der Waals surface area contributed by atoms with Gasteiger partial charge in [-0.1, -0.05) is 0 Å². The molecule has 8 heteroatoms. The number of hydrogen-bond acceptors (Lipinski definition) is 5. The number of aryl methyl sites for hydroxylation is 1. The molecule has 23 heavy (non-hydrogen) atoms. The summed E-state index contributed by atoms with van der Waals surface area (Å²) < 4.78 is 38.6. The molecule has 7 nitrogen and oxygen atoms in total. The van der Waals surface area contributed by atoms with Gasteiger partial charge < -0.3 is 14.0 Å². The molecule has 0 aromatic carbocycles. The molecule has 0 spiro atoms. The molecule has 0 unspecified atom stereocenters. The lowest BCUT2D eigenvalue weighted by Crippen LogP contribution is -2.39. The van der Waals surface area contributed by atoms with E-state index in [-0.39, 0.29) is 5.92 Å². The molecule has 130 valence electrons. The molecule has 3 rings (SSSR count). The van der Waals surface area contributed by atoms with Gasteiger partial charge in [0.05, 0.1) is 31.4 Å². The second-order valence-electron chi connectivity index (χ2n) is 6.53. The van der Waals surface area contributed by atoms with Crippen LogP contribution in [0, 0.1) is 5.92 Å². The Morgan fingerprint density at radius 2 is 2.09 bits per heavy atom. The van der Waals surface area contributed by atoms with E-state index in [0.717, 1.165) is 37.4 Å². The van der Waals surface area contributed by atoms with Crippen LogP contribution in [-0.2, 0) is 33.1 Å². The molecule has 0 saturated carbocycles. The van der Waals surface area contributed by atoms with Crippen molar-refractivity contribution in [2.75, 3.05) is 39.2 Å². The molecule has 1 atom stereocenters. The fourth-order valence-corrected chi connectivity index (χ4v) is 4.18. The minimum atomic E-state index is -3.23. The number of ether oxygens (including phenoxy) is 2. The lowest BCUT2D eigenvalue weighted by molar-refractivity contribution is 0.0150. The summed E-state index contributed by atoms with van der Waals surface area (Å²) in [7, 11) is -1.27. The summed E-state index contributed by atoms with van der Waals surface area (Å²) in [4.78, 5) is 4.35. The van der Waals surface area contributed by atoms with Crippen molar-refractivity contribution in [1.29, 1.82) is 0 Å². The van der Waals surface area contributed by atoms with Crippen molar-refractivity contribution in [3.63, 3.8) is 0 Å². The van der Waals surface area contributed by atoms with Gasteiger partial charge in [-0.2, -0.15) is 4.31 Å². The highest BCUT2D eigenvalue weighted by Crippen LogP contribution is 2.29. The summed E-state index contributed by atoms with van der Waals surface area (Å²) in [6.07, 6.45) is 5.08. The topological polar surface area (TPSA) is 73.7 Å². The van der Waals surface area contributed by atoms with E-state index in [2.05, 4.69) is 4.98 Å². The summed E-state index contributed by atoms with van der Waals surface area (Å²) in [5.74, 6) is 0.574. The second-order valence-corrected chi connectivity index (χ2v) is 8.52. The van der Waals surface area contributed by atoms with Crippen molar-refractivity contribution < 1.29 is 17.9 Å². The molecule has 2 aliphatic rings. The van der Waals surface area contributed by atoms with Crippen LogP contribution in [0.2, 0.25) is 0 Å². The molecule has 1 aromatic heterocycles. The fourth-order valence-electron chi connectivity index (χ4n) is 3.37. The molecule has 3 heterocycles. The van der Waals surface area contributed by atoms with Crippen molar-refractivity contribution in [3.05, 3.63) is 17.7 Å². The lowest BCUT2D eigenvalue weighted by atomic mass is 10.00. The number of fused-ring (bicyclic) bond motifs is 1. The van der Waals surface area contributed by atoms with Gasteiger partial charge in [0.2, 0.25) is 10.0 Å². The molecular weight excluding hydrogens is 318 g/mol. The van der Waals surface area contributed by atoms with Gasteiger partial charge in [0.15, 0.2) is 0 Å². The molecule has 1 fully saturated rings. The van der Waals surface area contributed by atoms with Crippen LogP contribution >= 0.6 is 0 Å². The Morgan fingerprint density at radius 1 is 1.35 bits per heavy atom. The van der Waals surface area contributed by atoms with Gasteiger partial charge >= 0.3 is 0 Å². The highest BCUT2D eigenvalue weighted by atomic mass is 32.2. The third kappa shape index (κ3) is 3.93. The average molecular weight is 343 g/mol. The van der Waals surface area contributed by atoms with Crippen molar-refractivity contribution in [1.82, 2.24) is 13.9 Å². The van der Waals surface area contributed by atoms with E-state index in [1.807, 2.05) is 11.6 Å². The summed E-state index contributed by atoms with van der Waals surface area (Å²) in [6, 6.07) is 0. The molecule has 0 bridgehead atoms. The van der Waals surface area contributed by atoms with Gasteiger partial charge in [-0.3, -0.25) is 0 Å². The predicted molar refractivity (Wildman–Crippen MR) is 85.6 cm³/mol. The molecule has 2 aliphatic heterocycles. The third-order valence-electron chi connectivity index (χ3n) is 4.68. The number of nitrogens with zero attached hydrogens (tertiary/aromatic N) is 3. The zero-order valence-electron chi connectivity index (χ0n) is 13.8. The fraction of sp³-hybridized carbons (Fsp3) is 0.800. The number of rotatable bonds is 5. The second kappa shape index (κ2) is 6.88. The van der Waals surface area contributed by atoms with Gasteiger partial charge in [-0.15, -0.1) is 0 Å². The minimum absolute atomic E-state index is 0.0285. The minimum Gasteiger partial charge on any atom is -0.381 e. The normalized spacial score (nSPS) is 23.8. The average Bonchev–Trinajstić information content (AvgIpc) is 2.89. The first-order valence-electron chi connectivity index (χ1n) is 8.06. The smallest absolute Gasteiger partial charge is 0.211 e. The van der Waals surface area contributed by atoms with Crippen molar-refractivity contribution in [3.8, 4) is 0 Å². The van der Waals surface area contributed by atoms with Crippen LogP contribution in [0.1, 0.15) is 30.1 Å². The number of imidazole rings is 1. The van der Waals surface area contributed by atoms with E-state index in [1.54, 1.807) is 6.33 Å². The zero-order valence-corrected chi connectivity index (χ0v) is 14.6. The standard InChI is InChI=1S/C15H25N3O4S/c1-17-11-16-14-8-18(23(2,19)20)7-13(15(14)17)10-22-9-12-3-5-21-6-4-12/h11-13H,3-10H2,1-2H3/t13-/m1/s1. The quantitative estimate of drug-likeness (QED) is 0.788. The Morgan fingerprint density at radius 3 is 2.78 bits per heavy atom. The number of hydrogen-bond donors (Lipinski definition) is 0. The van der Waals surface area contributed by atoms with Gasteiger partial charge in [0.25, 0.3) is 0 Å². The molecule has 1 saturated heterocycles. The maximum Gasteiger partial charge on any atom is 0.211 e. The Bertz CT molecular complexity index is 637. The van der Waals surface area contributed by atoms with Crippen LogP contribution in [0.15, 0.2) is 6.33 Å². The van der Waals surface area contributed by atoms with Crippen molar-refractivity contribution in [2.45, 2.75) is 25.3 Å². The summed E-state index contributed by atoms with van der Waals surface area (Å²) >= 11 is 0. The summed E-state index contributed by atoms with van der Waals surface area (Å²) in [5, 5.41) is 0. The van der Waals surface area contributed by atoms with E-state index in [4.69, 9.17) is 9.47 Å². The third-order valence-corrected chi connectivity index (χ3v) is 5.90. The predicted octanol–water partition coefficient (Wildman–Crippen LogP) is 0.722. The summed E-state index contributed by atoms with van der Waals surface area (Å²) in [5.41, 5.74) is 1.93. The van der Waals surface area contributed by atoms with Crippen molar-refractivity contribution in [2.24, 2.45) is 13.0 Å². The van der Waals surface area contributed by atoms with Crippen LogP contribution in [-0.4, -0.2) is 61.5 Å². The highest BCUT2D eigenvalue weighted by Gasteiger charge is 2.33. The van der Waals surface area contributed by atoms with E-state index in [1.165, 1.54) is 10.6 Å². The summed E-state index contributed by atoms with van der Waals surface area (Å²) in [6.45, 7) is 3.67. The van der Waals surface area contributed by atoms with Gasteiger partial charge in [-0.25, -0.2) is 13.4 Å². The first-order valence-corrected chi connectivity index (χ1v) is 9.90. The van der Waals surface area contributed by atoms with E-state index in [9.17, 15) is 8.42 Å². The van der Waals surface area contributed by atoms with Gasteiger partial charge in [-0.05, 0) is 18.8 Å². The van der Waals surface area contributed by atoms with E-state index < -0.39 is 10.0 Å². The molecule has 0 amide bonds. The SMILES string of the molecule is Cn1cnc2c1[C@@H](COCC1CCOCC1)CN(S(C)(=O)=O)C2. The Kier molecular flexibility index (Phi) is 5.05. The first-order chi connectivity index (χ1) is 10.9. The maximum atomic E-state index is 11.9. The van der Waals surface area contributed by atoms with Crippen LogP contribution in [0.4, 0.5) is 0 Å². The Balaban J connectivity index is 1.65. The van der Waals surface area contributed by atoms with E-state index >= 15 is 0 Å².